The Kier molecular flexibility index (Phi) is 2.35. The molecule has 4 rings (SSSR count). The molecule has 2 bridgehead atoms. The van der Waals surface area contributed by atoms with Crippen LogP contribution in [0.15, 0.2) is 0 Å². The SMILES string of the molecule is CC1(C)CC1(C)C(=O)OC1CC2CC1C1C(=O)CCC21. The third-order valence-electron chi connectivity index (χ3n) is 7.08. The van der Waals surface area contributed by atoms with Crippen molar-refractivity contribution in [2.45, 2.75) is 59.0 Å². The van der Waals surface area contributed by atoms with Gasteiger partial charge in [-0.1, -0.05) is 13.8 Å². The molecular weight excluding hydrogens is 252 g/mol. The van der Waals surface area contributed by atoms with Crippen molar-refractivity contribution in [2.75, 3.05) is 0 Å². The fourth-order valence-electron chi connectivity index (χ4n) is 5.37. The third kappa shape index (κ3) is 1.47. The van der Waals surface area contributed by atoms with E-state index in [2.05, 4.69) is 13.8 Å². The minimum absolute atomic E-state index is 0.0176. The second-order valence-electron chi connectivity index (χ2n) is 8.43. The van der Waals surface area contributed by atoms with Gasteiger partial charge in [-0.2, -0.15) is 0 Å². The molecule has 20 heavy (non-hydrogen) atoms. The summed E-state index contributed by atoms with van der Waals surface area (Å²) in [6.45, 7) is 6.28. The molecule has 110 valence electrons. The molecule has 0 spiro atoms. The average Bonchev–Trinajstić information content (AvgIpc) is 2.83. The van der Waals surface area contributed by atoms with Crippen molar-refractivity contribution in [2.24, 2.45) is 34.5 Å². The lowest BCUT2D eigenvalue weighted by Crippen LogP contribution is -2.36. The summed E-state index contributed by atoms with van der Waals surface area (Å²) in [7, 11) is 0. The second-order valence-corrected chi connectivity index (χ2v) is 8.43. The Bertz CT molecular complexity index is 494. The summed E-state index contributed by atoms with van der Waals surface area (Å²) in [6, 6.07) is 0. The van der Waals surface area contributed by atoms with Crippen molar-refractivity contribution in [3.63, 3.8) is 0 Å². The van der Waals surface area contributed by atoms with Crippen LogP contribution < -0.4 is 0 Å². The lowest BCUT2D eigenvalue weighted by molar-refractivity contribution is -0.161. The molecule has 4 fully saturated rings. The Morgan fingerprint density at radius 1 is 1.20 bits per heavy atom. The fourth-order valence-corrected chi connectivity index (χ4v) is 5.37. The van der Waals surface area contributed by atoms with Crippen LogP contribution in [0.3, 0.4) is 0 Å². The maximum atomic E-state index is 12.4. The molecule has 0 saturated heterocycles. The van der Waals surface area contributed by atoms with Crippen LogP contribution in [0.25, 0.3) is 0 Å². The Morgan fingerprint density at radius 3 is 2.55 bits per heavy atom. The Labute approximate surface area is 120 Å². The van der Waals surface area contributed by atoms with Crippen LogP contribution in [0.2, 0.25) is 0 Å². The number of ketones is 1. The van der Waals surface area contributed by atoms with Gasteiger partial charge < -0.3 is 4.74 Å². The number of esters is 1. The lowest BCUT2D eigenvalue weighted by Gasteiger charge is -2.31. The summed E-state index contributed by atoms with van der Waals surface area (Å²) in [4.78, 5) is 24.5. The number of ether oxygens (including phenoxy) is 1. The van der Waals surface area contributed by atoms with E-state index in [1.807, 2.05) is 6.92 Å². The first-order chi connectivity index (χ1) is 9.33. The zero-order valence-corrected chi connectivity index (χ0v) is 12.6. The molecule has 4 saturated carbocycles. The molecule has 0 aromatic carbocycles. The van der Waals surface area contributed by atoms with Gasteiger partial charge in [0.2, 0.25) is 0 Å². The van der Waals surface area contributed by atoms with Gasteiger partial charge in [0.15, 0.2) is 0 Å². The molecule has 0 aliphatic heterocycles. The summed E-state index contributed by atoms with van der Waals surface area (Å²) in [5, 5.41) is 0. The Balaban J connectivity index is 1.47. The van der Waals surface area contributed by atoms with Gasteiger partial charge >= 0.3 is 5.97 Å². The highest BCUT2D eigenvalue weighted by Gasteiger charge is 2.65. The minimum atomic E-state index is -0.298. The summed E-state index contributed by atoms with van der Waals surface area (Å²) in [5.41, 5.74) is -0.221. The maximum absolute atomic E-state index is 12.4. The van der Waals surface area contributed by atoms with E-state index in [9.17, 15) is 9.59 Å². The molecule has 3 nitrogen and oxygen atoms in total. The van der Waals surface area contributed by atoms with Crippen LogP contribution in [-0.2, 0) is 14.3 Å². The van der Waals surface area contributed by atoms with Crippen LogP contribution in [0, 0.1) is 34.5 Å². The lowest BCUT2D eigenvalue weighted by atomic mass is 9.80. The molecule has 0 aromatic rings. The predicted molar refractivity (Wildman–Crippen MR) is 73.8 cm³/mol. The van der Waals surface area contributed by atoms with E-state index >= 15 is 0 Å². The molecule has 6 unspecified atom stereocenters. The summed E-state index contributed by atoms with van der Waals surface area (Å²) in [6.07, 6.45) is 4.89. The van der Waals surface area contributed by atoms with E-state index in [1.165, 1.54) is 0 Å². The fraction of sp³-hybridized carbons (Fsp3) is 0.882. The van der Waals surface area contributed by atoms with Gasteiger partial charge in [0.05, 0.1) is 5.41 Å². The van der Waals surface area contributed by atoms with E-state index in [4.69, 9.17) is 4.74 Å². The molecule has 0 N–H and O–H groups in total. The second kappa shape index (κ2) is 3.66. The van der Waals surface area contributed by atoms with E-state index in [1.54, 1.807) is 0 Å². The number of hydrogen-bond donors (Lipinski definition) is 0. The number of Topliss-reactive ketones (excluding diaryl/α,β-unsaturated/α-hetero) is 1. The highest BCUT2D eigenvalue weighted by atomic mass is 16.5. The van der Waals surface area contributed by atoms with Crippen LogP contribution in [0.5, 0.6) is 0 Å². The summed E-state index contributed by atoms with van der Waals surface area (Å²) < 4.78 is 5.87. The first kappa shape index (κ1) is 12.8. The minimum Gasteiger partial charge on any atom is -0.462 e. The zero-order valence-electron chi connectivity index (χ0n) is 12.6. The van der Waals surface area contributed by atoms with Gasteiger partial charge in [0.1, 0.15) is 11.9 Å². The van der Waals surface area contributed by atoms with Crippen molar-refractivity contribution in [3.05, 3.63) is 0 Å². The molecule has 3 heteroatoms. The average molecular weight is 276 g/mol. The molecule has 4 aliphatic rings. The van der Waals surface area contributed by atoms with Crippen LogP contribution in [0.4, 0.5) is 0 Å². The number of carbonyl (C=O) groups is 2. The quantitative estimate of drug-likeness (QED) is 0.728. The summed E-state index contributed by atoms with van der Waals surface area (Å²) >= 11 is 0. The van der Waals surface area contributed by atoms with Gasteiger partial charge in [-0.15, -0.1) is 0 Å². The standard InChI is InChI=1S/C17H24O3/c1-16(2)8-17(16,3)15(19)20-13-7-9-6-11(13)14-10(9)4-5-12(14)18/h9-11,13-14H,4-8H2,1-3H3. The third-order valence-corrected chi connectivity index (χ3v) is 7.08. The van der Waals surface area contributed by atoms with E-state index in [0.717, 1.165) is 32.1 Å². The van der Waals surface area contributed by atoms with Gasteiger partial charge in [-0.3, -0.25) is 9.59 Å². The molecule has 0 radical (unpaired) electrons. The van der Waals surface area contributed by atoms with Gasteiger partial charge in [0, 0.05) is 18.3 Å². The molecule has 0 aromatic heterocycles. The van der Waals surface area contributed by atoms with E-state index in [-0.39, 0.29) is 28.8 Å². The highest BCUT2D eigenvalue weighted by Crippen LogP contribution is 2.65. The Morgan fingerprint density at radius 2 is 1.90 bits per heavy atom. The molecule has 0 amide bonds. The Hall–Kier alpha value is -0.860. The van der Waals surface area contributed by atoms with Crippen molar-refractivity contribution < 1.29 is 14.3 Å². The van der Waals surface area contributed by atoms with Gasteiger partial charge in [-0.25, -0.2) is 0 Å². The maximum Gasteiger partial charge on any atom is 0.312 e. The van der Waals surface area contributed by atoms with Crippen molar-refractivity contribution in [1.29, 1.82) is 0 Å². The van der Waals surface area contributed by atoms with E-state index < -0.39 is 0 Å². The smallest absolute Gasteiger partial charge is 0.312 e. The number of rotatable bonds is 2. The normalized spacial score (nSPS) is 51.1. The molecule has 6 atom stereocenters. The molecule has 4 aliphatic carbocycles. The first-order valence-corrected chi connectivity index (χ1v) is 8.07. The first-order valence-electron chi connectivity index (χ1n) is 8.07. The summed E-state index contributed by atoms with van der Waals surface area (Å²) in [5.74, 6) is 2.19. The number of hydrogen-bond acceptors (Lipinski definition) is 3. The molecular formula is C17H24O3. The van der Waals surface area contributed by atoms with Crippen LogP contribution in [0.1, 0.15) is 52.9 Å². The van der Waals surface area contributed by atoms with Gasteiger partial charge in [0.25, 0.3) is 0 Å². The predicted octanol–water partition coefficient (Wildman–Crippen LogP) is 2.97. The molecule has 0 heterocycles. The van der Waals surface area contributed by atoms with Crippen LogP contribution >= 0.6 is 0 Å². The topological polar surface area (TPSA) is 43.4 Å². The van der Waals surface area contributed by atoms with Gasteiger partial charge in [-0.05, 0) is 49.9 Å². The monoisotopic (exact) mass is 276 g/mol. The zero-order chi connectivity index (χ0) is 14.3. The van der Waals surface area contributed by atoms with Crippen molar-refractivity contribution in [1.82, 2.24) is 0 Å². The van der Waals surface area contributed by atoms with Crippen molar-refractivity contribution in [3.8, 4) is 0 Å². The van der Waals surface area contributed by atoms with Crippen molar-refractivity contribution >= 4 is 11.8 Å². The number of fused-ring (bicyclic) bond motifs is 5. The highest BCUT2D eigenvalue weighted by molar-refractivity contribution is 5.85. The van der Waals surface area contributed by atoms with Crippen LogP contribution in [-0.4, -0.2) is 17.9 Å². The largest absolute Gasteiger partial charge is 0.462 e. The number of carbonyl (C=O) groups excluding carboxylic acids is 2. The van der Waals surface area contributed by atoms with E-state index in [0.29, 0.717) is 23.5 Å².